The number of carbonyl (C=O) groups excluding carboxylic acids is 1. The lowest BCUT2D eigenvalue weighted by molar-refractivity contribution is -0.117. The molecule has 26 heavy (non-hydrogen) atoms. The summed E-state index contributed by atoms with van der Waals surface area (Å²) >= 11 is 1.71. The van der Waals surface area contributed by atoms with Crippen LogP contribution < -0.4 is 10.1 Å². The number of rotatable bonds is 8. The van der Waals surface area contributed by atoms with Gasteiger partial charge in [-0.3, -0.25) is 9.69 Å². The van der Waals surface area contributed by atoms with Crippen LogP contribution in [0.3, 0.4) is 0 Å². The fourth-order valence-electron chi connectivity index (χ4n) is 2.57. The Bertz CT molecular complexity index is 819. The maximum absolute atomic E-state index is 12.5. The van der Waals surface area contributed by atoms with E-state index >= 15 is 0 Å². The summed E-state index contributed by atoms with van der Waals surface area (Å²) < 4.78 is 5.90. The number of ether oxygens (including phenoxy) is 1. The smallest absolute Gasteiger partial charge is 0.238 e. The fraction of sp³-hybridized carbons (Fsp3) is 0.190. The third-order valence-electron chi connectivity index (χ3n) is 3.91. The van der Waals surface area contributed by atoms with Gasteiger partial charge in [-0.2, -0.15) is 0 Å². The van der Waals surface area contributed by atoms with Crippen molar-refractivity contribution >= 4 is 22.9 Å². The molecule has 3 aromatic rings. The minimum Gasteiger partial charge on any atom is -0.455 e. The molecular weight excluding hydrogens is 344 g/mol. The molecule has 0 aliphatic carbocycles. The number of anilines is 1. The van der Waals surface area contributed by atoms with Crippen LogP contribution >= 0.6 is 11.3 Å². The zero-order chi connectivity index (χ0) is 18.2. The van der Waals surface area contributed by atoms with Crippen LogP contribution in [0.1, 0.15) is 11.8 Å². The Morgan fingerprint density at radius 3 is 2.54 bits per heavy atom. The monoisotopic (exact) mass is 366 g/mol. The quantitative estimate of drug-likeness (QED) is 0.610. The molecule has 4 nitrogen and oxygen atoms in total. The Kier molecular flexibility index (Phi) is 6.41. The SMILES string of the molecule is CCN(CC(=O)Nc1ccccc1Oc1ccccc1)Cc1cccs1. The third-order valence-corrected chi connectivity index (χ3v) is 4.77. The van der Waals surface area contributed by atoms with Crippen molar-refractivity contribution in [1.82, 2.24) is 4.90 Å². The fourth-order valence-corrected chi connectivity index (χ4v) is 3.32. The van der Waals surface area contributed by atoms with Crippen LogP contribution in [0, 0.1) is 0 Å². The number of likely N-dealkylation sites (N-methyl/N-ethyl adjacent to an activating group) is 1. The van der Waals surface area contributed by atoms with Crippen LogP contribution in [0.5, 0.6) is 11.5 Å². The van der Waals surface area contributed by atoms with Crippen LogP contribution in [0.25, 0.3) is 0 Å². The molecule has 0 saturated heterocycles. The standard InChI is InChI=1S/C21H22N2O2S/c1-2-23(15-18-11-8-14-26-18)16-21(24)22-19-12-6-7-13-20(19)25-17-9-4-3-5-10-17/h3-14H,2,15-16H2,1H3,(H,22,24). The van der Waals surface area contributed by atoms with Gasteiger partial charge in [0.05, 0.1) is 12.2 Å². The first kappa shape index (κ1) is 18.2. The number of thiophene rings is 1. The van der Waals surface area contributed by atoms with E-state index in [2.05, 4.69) is 28.6 Å². The van der Waals surface area contributed by atoms with Crippen molar-refractivity contribution < 1.29 is 9.53 Å². The third kappa shape index (κ3) is 5.18. The molecule has 3 rings (SSSR count). The lowest BCUT2D eigenvalue weighted by Gasteiger charge is -2.19. The molecule has 1 aromatic heterocycles. The van der Waals surface area contributed by atoms with Gasteiger partial charge in [0.25, 0.3) is 0 Å². The molecule has 2 aromatic carbocycles. The zero-order valence-corrected chi connectivity index (χ0v) is 15.5. The summed E-state index contributed by atoms with van der Waals surface area (Å²) in [5.74, 6) is 1.32. The first-order valence-corrected chi connectivity index (χ1v) is 9.49. The van der Waals surface area contributed by atoms with Crippen molar-refractivity contribution in [2.24, 2.45) is 0 Å². The number of carbonyl (C=O) groups is 1. The van der Waals surface area contributed by atoms with Gasteiger partial charge >= 0.3 is 0 Å². The summed E-state index contributed by atoms with van der Waals surface area (Å²) in [7, 11) is 0. The highest BCUT2D eigenvalue weighted by Gasteiger charge is 2.13. The Morgan fingerprint density at radius 2 is 1.81 bits per heavy atom. The van der Waals surface area contributed by atoms with Crippen LogP contribution in [-0.4, -0.2) is 23.9 Å². The highest BCUT2D eigenvalue weighted by molar-refractivity contribution is 7.09. The number of amides is 1. The molecule has 0 fully saturated rings. The molecule has 0 radical (unpaired) electrons. The second kappa shape index (κ2) is 9.17. The second-order valence-corrected chi connectivity index (χ2v) is 6.87. The molecule has 1 heterocycles. The Hall–Kier alpha value is -2.63. The van der Waals surface area contributed by atoms with Crippen molar-refractivity contribution in [2.45, 2.75) is 13.5 Å². The van der Waals surface area contributed by atoms with Crippen molar-refractivity contribution in [3.63, 3.8) is 0 Å². The lowest BCUT2D eigenvalue weighted by Crippen LogP contribution is -2.32. The molecule has 1 N–H and O–H groups in total. The minimum atomic E-state index is -0.0486. The first-order valence-electron chi connectivity index (χ1n) is 8.61. The summed E-state index contributed by atoms with van der Waals surface area (Å²) in [5.41, 5.74) is 0.675. The highest BCUT2D eigenvalue weighted by Crippen LogP contribution is 2.29. The van der Waals surface area contributed by atoms with Gasteiger partial charge in [-0.25, -0.2) is 0 Å². The summed E-state index contributed by atoms with van der Waals surface area (Å²) in [5, 5.41) is 5.03. The van der Waals surface area contributed by atoms with Gasteiger partial charge in [0.2, 0.25) is 5.91 Å². The minimum absolute atomic E-state index is 0.0486. The number of hydrogen-bond donors (Lipinski definition) is 1. The van der Waals surface area contributed by atoms with E-state index in [-0.39, 0.29) is 5.91 Å². The van der Waals surface area contributed by atoms with Crippen molar-refractivity contribution in [2.75, 3.05) is 18.4 Å². The van der Waals surface area contributed by atoms with E-state index in [1.165, 1.54) is 4.88 Å². The van der Waals surface area contributed by atoms with Crippen LogP contribution in [0.2, 0.25) is 0 Å². The van der Waals surface area contributed by atoms with Crippen LogP contribution in [-0.2, 0) is 11.3 Å². The maximum Gasteiger partial charge on any atom is 0.238 e. The largest absolute Gasteiger partial charge is 0.455 e. The predicted octanol–water partition coefficient (Wildman–Crippen LogP) is 5.00. The normalized spacial score (nSPS) is 10.7. The number of nitrogens with zero attached hydrogens (tertiary/aromatic N) is 1. The molecule has 5 heteroatoms. The Morgan fingerprint density at radius 1 is 1.04 bits per heavy atom. The van der Waals surface area contributed by atoms with E-state index in [0.29, 0.717) is 18.0 Å². The summed E-state index contributed by atoms with van der Waals surface area (Å²) in [6, 6.07) is 21.2. The molecule has 1 amide bonds. The van der Waals surface area contributed by atoms with E-state index in [1.54, 1.807) is 11.3 Å². The zero-order valence-electron chi connectivity index (χ0n) is 14.7. The molecule has 0 atom stereocenters. The maximum atomic E-state index is 12.5. The van der Waals surface area contributed by atoms with Crippen molar-refractivity contribution in [3.8, 4) is 11.5 Å². The number of benzene rings is 2. The van der Waals surface area contributed by atoms with Gasteiger partial charge in [0, 0.05) is 11.4 Å². The molecule has 0 aliphatic rings. The van der Waals surface area contributed by atoms with E-state index in [4.69, 9.17) is 4.74 Å². The van der Waals surface area contributed by atoms with Gasteiger partial charge in [0.1, 0.15) is 5.75 Å². The molecule has 0 bridgehead atoms. The Balaban J connectivity index is 1.63. The number of para-hydroxylation sites is 3. The van der Waals surface area contributed by atoms with E-state index in [0.717, 1.165) is 18.8 Å². The lowest BCUT2D eigenvalue weighted by atomic mass is 10.2. The van der Waals surface area contributed by atoms with Gasteiger partial charge in [-0.15, -0.1) is 11.3 Å². The van der Waals surface area contributed by atoms with Crippen molar-refractivity contribution in [3.05, 3.63) is 77.0 Å². The van der Waals surface area contributed by atoms with Gasteiger partial charge in [-0.05, 0) is 42.3 Å². The van der Waals surface area contributed by atoms with Gasteiger partial charge in [0.15, 0.2) is 5.75 Å². The summed E-state index contributed by atoms with van der Waals surface area (Å²) in [4.78, 5) is 15.9. The van der Waals surface area contributed by atoms with Crippen LogP contribution in [0.15, 0.2) is 72.1 Å². The average Bonchev–Trinajstić information content (AvgIpc) is 3.17. The van der Waals surface area contributed by atoms with Gasteiger partial charge < -0.3 is 10.1 Å². The first-order chi connectivity index (χ1) is 12.7. The Labute approximate surface area is 158 Å². The predicted molar refractivity (Wildman–Crippen MR) is 107 cm³/mol. The second-order valence-electron chi connectivity index (χ2n) is 5.84. The van der Waals surface area contributed by atoms with E-state index in [9.17, 15) is 4.79 Å². The number of hydrogen-bond acceptors (Lipinski definition) is 4. The number of nitrogens with one attached hydrogen (secondary N) is 1. The molecule has 0 saturated carbocycles. The highest BCUT2D eigenvalue weighted by atomic mass is 32.1. The van der Waals surface area contributed by atoms with Crippen molar-refractivity contribution in [1.29, 1.82) is 0 Å². The van der Waals surface area contributed by atoms with Crippen LogP contribution in [0.4, 0.5) is 5.69 Å². The molecular formula is C21H22N2O2S. The average molecular weight is 366 g/mol. The van der Waals surface area contributed by atoms with E-state index < -0.39 is 0 Å². The summed E-state index contributed by atoms with van der Waals surface area (Å²) in [6.07, 6.45) is 0. The topological polar surface area (TPSA) is 41.6 Å². The molecule has 0 spiro atoms. The molecule has 0 aliphatic heterocycles. The molecule has 134 valence electrons. The van der Waals surface area contributed by atoms with E-state index in [1.807, 2.05) is 60.7 Å². The molecule has 0 unspecified atom stereocenters. The summed E-state index contributed by atoms with van der Waals surface area (Å²) in [6.45, 7) is 4.00. The van der Waals surface area contributed by atoms with Gasteiger partial charge in [-0.1, -0.05) is 43.3 Å².